The molecule has 1 atom stereocenters. The molecule has 0 N–H and O–H groups in total. The smallest absolute Gasteiger partial charge is 0.306 e. The van der Waals surface area contributed by atoms with Gasteiger partial charge in [-0.2, -0.15) is 0 Å². The summed E-state index contributed by atoms with van der Waals surface area (Å²) in [7, 11) is 0. The summed E-state index contributed by atoms with van der Waals surface area (Å²) in [6.45, 7) is 6.55. The predicted molar refractivity (Wildman–Crippen MR) is 266 cm³/mol. The lowest BCUT2D eigenvalue weighted by Crippen LogP contribution is -2.30. The van der Waals surface area contributed by atoms with Crippen LogP contribution < -0.4 is 0 Å². The molecule has 0 saturated heterocycles. The first-order valence-corrected chi connectivity index (χ1v) is 27.0. The summed E-state index contributed by atoms with van der Waals surface area (Å²) in [5.41, 5.74) is 0. The maximum atomic E-state index is 12.8. The van der Waals surface area contributed by atoms with Crippen molar-refractivity contribution in [2.24, 2.45) is 0 Å². The minimum atomic E-state index is -0.772. The first kappa shape index (κ1) is 59.6. The Balaban J connectivity index is 4.36. The SMILES string of the molecule is CC/C=C\C/C=C\C/C=C\CCCCCCCCC(=O)OCC(COC(=O)CCCCCCCCCCCCCCC)OC(=O)CCCCCCCCCCCCCCCCC. The van der Waals surface area contributed by atoms with E-state index >= 15 is 0 Å². The summed E-state index contributed by atoms with van der Waals surface area (Å²) >= 11 is 0. The Labute approximate surface area is 385 Å². The van der Waals surface area contributed by atoms with E-state index < -0.39 is 6.10 Å². The Morgan fingerprint density at radius 2 is 0.629 bits per heavy atom. The number of ether oxygens (including phenoxy) is 3. The molecule has 0 amide bonds. The van der Waals surface area contributed by atoms with Crippen molar-refractivity contribution >= 4 is 17.9 Å². The molecule has 62 heavy (non-hydrogen) atoms. The van der Waals surface area contributed by atoms with Crippen molar-refractivity contribution in [3.8, 4) is 0 Å². The van der Waals surface area contributed by atoms with Gasteiger partial charge in [0.2, 0.25) is 0 Å². The van der Waals surface area contributed by atoms with Gasteiger partial charge in [-0.25, -0.2) is 0 Å². The van der Waals surface area contributed by atoms with Gasteiger partial charge in [-0.15, -0.1) is 0 Å². The molecule has 0 aliphatic rings. The molecule has 362 valence electrons. The molecule has 0 saturated carbocycles. The lowest BCUT2D eigenvalue weighted by Gasteiger charge is -2.18. The summed E-state index contributed by atoms with van der Waals surface area (Å²) < 4.78 is 16.8. The fourth-order valence-corrected chi connectivity index (χ4v) is 7.87. The minimum Gasteiger partial charge on any atom is -0.462 e. The maximum absolute atomic E-state index is 12.8. The number of allylic oxidation sites excluding steroid dienone is 6. The van der Waals surface area contributed by atoms with Crippen LogP contribution in [0.25, 0.3) is 0 Å². The zero-order valence-corrected chi connectivity index (χ0v) is 41.4. The Kier molecular flexibility index (Phi) is 49.3. The number of rotatable bonds is 49. The molecular weight excluding hydrogens is 769 g/mol. The highest BCUT2D eigenvalue weighted by atomic mass is 16.6. The number of hydrogen-bond acceptors (Lipinski definition) is 6. The highest BCUT2D eigenvalue weighted by molar-refractivity contribution is 5.71. The van der Waals surface area contributed by atoms with E-state index in [4.69, 9.17) is 14.2 Å². The molecular formula is C56H102O6. The molecule has 0 bridgehead atoms. The van der Waals surface area contributed by atoms with Crippen molar-refractivity contribution < 1.29 is 28.6 Å². The van der Waals surface area contributed by atoms with Crippen molar-refractivity contribution in [2.75, 3.05) is 13.2 Å². The van der Waals surface area contributed by atoms with Gasteiger partial charge in [0.1, 0.15) is 13.2 Å². The molecule has 0 aromatic heterocycles. The van der Waals surface area contributed by atoms with Gasteiger partial charge < -0.3 is 14.2 Å². The summed E-state index contributed by atoms with van der Waals surface area (Å²) in [5, 5.41) is 0. The van der Waals surface area contributed by atoms with Crippen LogP contribution in [-0.2, 0) is 28.6 Å². The number of carbonyl (C=O) groups excluding carboxylic acids is 3. The third-order valence-corrected chi connectivity index (χ3v) is 11.9. The van der Waals surface area contributed by atoms with Gasteiger partial charge in [-0.3, -0.25) is 14.4 Å². The van der Waals surface area contributed by atoms with Crippen molar-refractivity contribution in [1.29, 1.82) is 0 Å². The lowest BCUT2D eigenvalue weighted by atomic mass is 10.0. The van der Waals surface area contributed by atoms with E-state index in [9.17, 15) is 14.4 Å². The molecule has 6 heteroatoms. The summed E-state index contributed by atoms with van der Waals surface area (Å²) in [6.07, 6.45) is 59.8. The minimum absolute atomic E-state index is 0.0717. The highest BCUT2D eigenvalue weighted by Gasteiger charge is 2.19. The average Bonchev–Trinajstić information content (AvgIpc) is 3.27. The number of unbranched alkanes of at least 4 members (excludes halogenated alkanes) is 32. The monoisotopic (exact) mass is 871 g/mol. The molecule has 0 radical (unpaired) electrons. The normalized spacial score (nSPS) is 12.2. The van der Waals surface area contributed by atoms with E-state index in [0.29, 0.717) is 19.3 Å². The second-order valence-electron chi connectivity index (χ2n) is 18.1. The molecule has 6 nitrogen and oxygen atoms in total. The fourth-order valence-electron chi connectivity index (χ4n) is 7.87. The molecule has 0 heterocycles. The summed E-state index contributed by atoms with van der Waals surface area (Å²) in [5.74, 6) is -0.870. The number of carbonyl (C=O) groups is 3. The van der Waals surface area contributed by atoms with Crippen LogP contribution in [0.4, 0.5) is 0 Å². The van der Waals surface area contributed by atoms with Gasteiger partial charge >= 0.3 is 17.9 Å². The third-order valence-electron chi connectivity index (χ3n) is 11.9. The summed E-state index contributed by atoms with van der Waals surface area (Å²) in [4.78, 5) is 38.0. The molecule has 0 aliphatic carbocycles. The van der Waals surface area contributed by atoms with Crippen molar-refractivity contribution in [2.45, 2.75) is 290 Å². The van der Waals surface area contributed by atoms with Gasteiger partial charge in [0.15, 0.2) is 6.10 Å². The summed E-state index contributed by atoms with van der Waals surface area (Å²) in [6, 6.07) is 0. The van der Waals surface area contributed by atoms with Gasteiger partial charge in [-0.1, -0.05) is 250 Å². The molecule has 0 fully saturated rings. The topological polar surface area (TPSA) is 78.9 Å². The molecule has 0 aliphatic heterocycles. The van der Waals surface area contributed by atoms with E-state index in [1.807, 2.05) is 0 Å². The van der Waals surface area contributed by atoms with Crippen molar-refractivity contribution in [3.63, 3.8) is 0 Å². The van der Waals surface area contributed by atoms with Crippen molar-refractivity contribution in [1.82, 2.24) is 0 Å². The third kappa shape index (κ3) is 48.7. The maximum Gasteiger partial charge on any atom is 0.306 e. The lowest BCUT2D eigenvalue weighted by molar-refractivity contribution is -0.167. The Morgan fingerprint density at radius 3 is 0.984 bits per heavy atom. The highest BCUT2D eigenvalue weighted by Crippen LogP contribution is 2.16. The Hall–Kier alpha value is -2.37. The predicted octanol–water partition coefficient (Wildman–Crippen LogP) is 17.7. The quantitative estimate of drug-likeness (QED) is 0.0262. The van der Waals surface area contributed by atoms with Gasteiger partial charge in [0, 0.05) is 19.3 Å². The first-order chi connectivity index (χ1) is 30.5. The van der Waals surface area contributed by atoms with E-state index in [2.05, 4.69) is 57.2 Å². The van der Waals surface area contributed by atoms with Crippen LogP contribution in [0.15, 0.2) is 36.5 Å². The van der Waals surface area contributed by atoms with E-state index in [1.54, 1.807) is 0 Å². The largest absolute Gasteiger partial charge is 0.462 e. The van der Waals surface area contributed by atoms with Crippen LogP contribution in [-0.4, -0.2) is 37.2 Å². The Morgan fingerprint density at radius 1 is 0.339 bits per heavy atom. The van der Waals surface area contributed by atoms with E-state index in [1.165, 1.54) is 161 Å². The zero-order chi connectivity index (χ0) is 45.1. The second kappa shape index (κ2) is 51.3. The zero-order valence-electron chi connectivity index (χ0n) is 41.4. The van der Waals surface area contributed by atoms with Crippen LogP contribution in [0, 0.1) is 0 Å². The van der Waals surface area contributed by atoms with Crippen LogP contribution in [0.3, 0.4) is 0 Å². The molecule has 0 rings (SSSR count). The van der Waals surface area contributed by atoms with Gasteiger partial charge in [0.25, 0.3) is 0 Å². The van der Waals surface area contributed by atoms with Crippen LogP contribution in [0.5, 0.6) is 0 Å². The van der Waals surface area contributed by atoms with E-state index in [0.717, 1.165) is 83.5 Å². The van der Waals surface area contributed by atoms with Crippen molar-refractivity contribution in [3.05, 3.63) is 36.5 Å². The fraction of sp³-hybridized carbons (Fsp3) is 0.839. The standard InChI is InChI=1S/C56H102O6/c1-4-7-10-13-16-19-22-25-27-29-31-34-37-40-43-46-49-55(58)61-52-53(51-60-54(57)48-45-42-39-36-33-30-24-21-18-15-12-9-6-3)62-56(59)50-47-44-41-38-35-32-28-26-23-20-17-14-11-8-5-2/h7,10,16,19,25,27,53H,4-6,8-9,11-15,17-18,20-24,26,28-52H2,1-3H3/b10-7-,19-16-,27-25-. The van der Waals surface area contributed by atoms with Gasteiger partial charge in [-0.05, 0) is 51.4 Å². The molecule has 1 unspecified atom stereocenters. The van der Waals surface area contributed by atoms with Crippen LogP contribution in [0.1, 0.15) is 284 Å². The average molecular weight is 871 g/mol. The van der Waals surface area contributed by atoms with Gasteiger partial charge in [0.05, 0.1) is 0 Å². The molecule has 0 aromatic rings. The first-order valence-electron chi connectivity index (χ1n) is 27.0. The molecule has 0 aromatic carbocycles. The number of esters is 3. The van der Waals surface area contributed by atoms with Crippen LogP contribution >= 0.6 is 0 Å². The number of hydrogen-bond donors (Lipinski definition) is 0. The molecule has 0 spiro atoms. The Bertz CT molecular complexity index is 1050. The second-order valence-corrected chi connectivity index (χ2v) is 18.1. The van der Waals surface area contributed by atoms with Crippen LogP contribution in [0.2, 0.25) is 0 Å². The van der Waals surface area contributed by atoms with E-state index in [-0.39, 0.29) is 31.1 Å².